The Balaban J connectivity index is 0.00000243. The first-order valence-electron chi connectivity index (χ1n) is 9.14. The van der Waals surface area contributed by atoms with Crippen LogP contribution >= 0.6 is 12.4 Å². The summed E-state index contributed by atoms with van der Waals surface area (Å²) >= 11 is 0. The molecule has 3 rings (SSSR count). The van der Waals surface area contributed by atoms with E-state index in [9.17, 15) is 9.59 Å². The molecule has 3 N–H and O–H groups in total. The lowest BCUT2D eigenvalue weighted by atomic mass is 9.85. The Labute approximate surface area is 161 Å². The molecule has 1 aromatic rings. The van der Waals surface area contributed by atoms with Crippen molar-refractivity contribution in [2.75, 3.05) is 19.4 Å². The molecular weight excluding hydrogens is 352 g/mol. The lowest BCUT2D eigenvalue weighted by molar-refractivity contribution is -0.123. The summed E-state index contributed by atoms with van der Waals surface area (Å²) < 4.78 is 0. The lowest BCUT2D eigenvalue weighted by Gasteiger charge is -2.24. The van der Waals surface area contributed by atoms with Crippen LogP contribution in [0.3, 0.4) is 0 Å². The largest absolute Gasteiger partial charge is 0.351 e. The topological polar surface area (TPSA) is 73.5 Å². The Bertz CT molecular complexity index is 624. The van der Waals surface area contributed by atoms with E-state index in [1.807, 2.05) is 24.3 Å². The van der Waals surface area contributed by atoms with E-state index in [-0.39, 0.29) is 30.4 Å². The van der Waals surface area contributed by atoms with Crippen LogP contribution in [0.2, 0.25) is 0 Å². The molecule has 0 bridgehead atoms. The second kappa shape index (κ2) is 9.24. The van der Waals surface area contributed by atoms with Crippen LogP contribution in [-0.4, -0.2) is 43.0 Å². The summed E-state index contributed by atoms with van der Waals surface area (Å²) in [6.45, 7) is 0.470. The molecule has 0 radical (unpaired) electrons. The Morgan fingerprint density at radius 1 is 1.23 bits per heavy atom. The zero-order valence-corrected chi connectivity index (χ0v) is 16.3. The number of nitrogens with one attached hydrogen (secondary N) is 3. The molecule has 7 heteroatoms. The van der Waals surface area contributed by atoms with Crippen molar-refractivity contribution in [2.45, 2.75) is 50.7 Å². The van der Waals surface area contributed by atoms with E-state index in [2.05, 4.69) is 16.0 Å². The number of anilines is 1. The van der Waals surface area contributed by atoms with Gasteiger partial charge in [-0.2, -0.15) is 0 Å². The lowest BCUT2D eigenvalue weighted by Crippen LogP contribution is -2.42. The van der Waals surface area contributed by atoms with Gasteiger partial charge in [-0.25, -0.2) is 4.79 Å². The monoisotopic (exact) mass is 380 g/mol. The van der Waals surface area contributed by atoms with Gasteiger partial charge in [0.25, 0.3) is 0 Å². The first kappa shape index (κ1) is 20.5. The molecule has 1 heterocycles. The maximum absolute atomic E-state index is 12.5. The van der Waals surface area contributed by atoms with E-state index in [4.69, 9.17) is 0 Å². The normalized spacial score (nSPS) is 24.2. The highest BCUT2D eigenvalue weighted by molar-refractivity contribution is 5.89. The van der Waals surface area contributed by atoms with Gasteiger partial charge in [-0.3, -0.25) is 4.79 Å². The number of fused-ring (bicyclic) bond motifs is 1. The van der Waals surface area contributed by atoms with Crippen LogP contribution < -0.4 is 16.0 Å². The maximum Gasteiger partial charge on any atom is 0.321 e. The summed E-state index contributed by atoms with van der Waals surface area (Å²) in [6.07, 6.45) is 5.96. The Morgan fingerprint density at radius 2 is 2.00 bits per heavy atom. The first-order chi connectivity index (χ1) is 12.0. The smallest absolute Gasteiger partial charge is 0.321 e. The molecule has 1 aliphatic heterocycles. The van der Waals surface area contributed by atoms with Gasteiger partial charge in [0.2, 0.25) is 5.91 Å². The molecule has 1 aliphatic carbocycles. The molecule has 3 amide bonds. The van der Waals surface area contributed by atoms with Gasteiger partial charge in [0.05, 0.1) is 6.04 Å². The van der Waals surface area contributed by atoms with Gasteiger partial charge in [0, 0.05) is 32.4 Å². The number of urea groups is 1. The van der Waals surface area contributed by atoms with Gasteiger partial charge in [-0.05, 0) is 42.9 Å². The van der Waals surface area contributed by atoms with Crippen LogP contribution in [0, 0.1) is 5.92 Å². The predicted molar refractivity (Wildman–Crippen MR) is 106 cm³/mol. The van der Waals surface area contributed by atoms with Crippen LogP contribution in [0.15, 0.2) is 24.3 Å². The SMILES string of the molecule is CN(C)C(=O)Nc1cccc(CNC(=O)C2CC3CCCCC3N2)c1.Cl. The molecule has 1 saturated carbocycles. The van der Waals surface area contributed by atoms with Crippen LogP contribution in [-0.2, 0) is 11.3 Å². The highest BCUT2D eigenvalue weighted by Crippen LogP contribution is 2.33. The Kier molecular flexibility index (Phi) is 7.29. The number of carbonyl (C=O) groups is 2. The number of benzene rings is 1. The van der Waals surface area contributed by atoms with E-state index >= 15 is 0 Å². The van der Waals surface area contributed by atoms with Crippen molar-refractivity contribution in [3.05, 3.63) is 29.8 Å². The minimum atomic E-state index is -0.168. The van der Waals surface area contributed by atoms with Crippen molar-refractivity contribution in [2.24, 2.45) is 5.92 Å². The van der Waals surface area contributed by atoms with E-state index < -0.39 is 0 Å². The fourth-order valence-corrected chi connectivity index (χ4v) is 3.83. The van der Waals surface area contributed by atoms with Gasteiger partial charge >= 0.3 is 6.03 Å². The number of rotatable bonds is 4. The van der Waals surface area contributed by atoms with Gasteiger partial charge in [0.15, 0.2) is 0 Å². The zero-order chi connectivity index (χ0) is 17.8. The first-order valence-corrected chi connectivity index (χ1v) is 9.14. The standard InChI is InChI=1S/C19H28N4O2.ClH/c1-23(2)19(25)21-15-8-5-6-13(10-15)12-20-18(24)17-11-14-7-3-4-9-16(14)22-17;/h5-6,8,10,14,16-17,22H,3-4,7,9,11-12H2,1-2H3,(H,20,24)(H,21,25);1H. The van der Waals surface area contributed by atoms with Crippen molar-refractivity contribution in [1.82, 2.24) is 15.5 Å². The van der Waals surface area contributed by atoms with Gasteiger partial charge in [-0.15, -0.1) is 12.4 Å². The second-order valence-corrected chi connectivity index (χ2v) is 7.35. The highest BCUT2D eigenvalue weighted by Gasteiger charge is 2.37. The average molecular weight is 381 g/mol. The van der Waals surface area contributed by atoms with E-state index in [0.29, 0.717) is 18.5 Å². The van der Waals surface area contributed by atoms with Crippen LogP contribution in [0.25, 0.3) is 0 Å². The number of hydrogen-bond acceptors (Lipinski definition) is 3. The average Bonchev–Trinajstić information content (AvgIpc) is 3.04. The summed E-state index contributed by atoms with van der Waals surface area (Å²) in [5, 5.41) is 9.35. The molecular formula is C19H29ClN4O2. The molecule has 2 aliphatic rings. The number of nitrogens with zero attached hydrogens (tertiary/aromatic N) is 1. The number of carbonyl (C=O) groups excluding carboxylic acids is 2. The molecule has 2 fully saturated rings. The molecule has 1 saturated heterocycles. The summed E-state index contributed by atoms with van der Waals surface area (Å²) in [5.74, 6) is 0.742. The van der Waals surface area contributed by atoms with E-state index in [1.54, 1.807) is 14.1 Å². The van der Waals surface area contributed by atoms with Gasteiger partial charge in [-0.1, -0.05) is 25.0 Å². The molecule has 3 unspecified atom stereocenters. The quantitative estimate of drug-likeness (QED) is 0.752. The van der Waals surface area contributed by atoms with E-state index in [1.165, 1.54) is 30.6 Å². The summed E-state index contributed by atoms with van der Waals surface area (Å²) in [5.41, 5.74) is 1.70. The maximum atomic E-state index is 12.5. The molecule has 1 aromatic carbocycles. The Morgan fingerprint density at radius 3 is 2.73 bits per heavy atom. The number of amides is 3. The van der Waals surface area contributed by atoms with Crippen molar-refractivity contribution in [3.8, 4) is 0 Å². The zero-order valence-electron chi connectivity index (χ0n) is 15.5. The fourth-order valence-electron chi connectivity index (χ4n) is 3.83. The third-order valence-electron chi connectivity index (χ3n) is 5.23. The Hall–Kier alpha value is -1.79. The minimum Gasteiger partial charge on any atom is -0.351 e. The van der Waals surface area contributed by atoms with Crippen molar-refractivity contribution < 1.29 is 9.59 Å². The van der Waals surface area contributed by atoms with E-state index in [0.717, 1.165) is 17.7 Å². The van der Waals surface area contributed by atoms with Crippen LogP contribution in [0.5, 0.6) is 0 Å². The molecule has 3 atom stereocenters. The number of halogens is 1. The third kappa shape index (κ3) is 5.11. The minimum absolute atomic E-state index is 0. The van der Waals surface area contributed by atoms with Crippen LogP contribution in [0.1, 0.15) is 37.7 Å². The second-order valence-electron chi connectivity index (χ2n) is 7.35. The number of hydrogen-bond donors (Lipinski definition) is 3. The molecule has 6 nitrogen and oxygen atoms in total. The molecule has 144 valence electrons. The molecule has 26 heavy (non-hydrogen) atoms. The third-order valence-corrected chi connectivity index (χ3v) is 5.23. The summed E-state index contributed by atoms with van der Waals surface area (Å²) in [7, 11) is 3.40. The van der Waals surface area contributed by atoms with Crippen molar-refractivity contribution in [1.29, 1.82) is 0 Å². The van der Waals surface area contributed by atoms with Gasteiger partial charge < -0.3 is 20.9 Å². The predicted octanol–water partition coefficient (Wildman–Crippen LogP) is 2.74. The molecule has 0 spiro atoms. The highest BCUT2D eigenvalue weighted by atomic mass is 35.5. The molecule has 0 aromatic heterocycles. The van der Waals surface area contributed by atoms with Crippen LogP contribution in [0.4, 0.5) is 10.5 Å². The summed E-state index contributed by atoms with van der Waals surface area (Å²) in [4.78, 5) is 25.7. The fraction of sp³-hybridized carbons (Fsp3) is 0.579. The van der Waals surface area contributed by atoms with Crippen molar-refractivity contribution >= 4 is 30.0 Å². The van der Waals surface area contributed by atoms with Gasteiger partial charge in [0.1, 0.15) is 0 Å². The van der Waals surface area contributed by atoms with Crippen molar-refractivity contribution in [3.63, 3.8) is 0 Å². The summed E-state index contributed by atoms with van der Waals surface area (Å²) in [6, 6.07) is 7.86.